The Kier molecular flexibility index (Phi) is 5.73. The van der Waals surface area contributed by atoms with E-state index in [4.69, 9.17) is 9.47 Å². The molecular formula is C17H17N2O5-. The molecule has 0 aliphatic carbocycles. The molecule has 0 saturated heterocycles. The zero-order chi connectivity index (χ0) is 17.5. The van der Waals surface area contributed by atoms with E-state index in [-0.39, 0.29) is 17.0 Å². The third-order valence-electron chi connectivity index (χ3n) is 3.41. The van der Waals surface area contributed by atoms with Crippen molar-refractivity contribution in [2.75, 3.05) is 20.8 Å². The lowest BCUT2D eigenvalue weighted by Gasteiger charge is -2.09. The van der Waals surface area contributed by atoms with Gasteiger partial charge < -0.3 is 14.6 Å². The number of rotatable bonds is 7. The Labute approximate surface area is 139 Å². The highest BCUT2D eigenvalue weighted by molar-refractivity contribution is 5.84. The van der Waals surface area contributed by atoms with Crippen molar-refractivity contribution in [1.29, 1.82) is 0 Å². The minimum atomic E-state index is -0.541. The van der Waals surface area contributed by atoms with Crippen LogP contribution in [0, 0.1) is 10.1 Å². The van der Waals surface area contributed by atoms with E-state index >= 15 is 0 Å². The summed E-state index contributed by atoms with van der Waals surface area (Å²) in [5.41, 5.74) is 1.08. The van der Waals surface area contributed by atoms with Crippen LogP contribution >= 0.6 is 0 Å². The van der Waals surface area contributed by atoms with Gasteiger partial charge in [-0.15, -0.1) is 0 Å². The molecule has 126 valence electrons. The largest absolute Gasteiger partial charge is 0.872 e. The Hall–Kier alpha value is -3.09. The second kappa shape index (κ2) is 7.96. The molecule has 0 heterocycles. The van der Waals surface area contributed by atoms with Crippen LogP contribution in [0.1, 0.15) is 11.1 Å². The van der Waals surface area contributed by atoms with E-state index in [1.54, 1.807) is 14.2 Å². The van der Waals surface area contributed by atoms with Crippen LogP contribution in [0.15, 0.2) is 41.4 Å². The molecule has 0 N–H and O–H groups in total. The number of hydrogen-bond acceptors (Lipinski definition) is 6. The molecule has 0 aliphatic heterocycles. The van der Waals surface area contributed by atoms with Gasteiger partial charge in [-0.3, -0.25) is 15.1 Å². The van der Waals surface area contributed by atoms with E-state index in [0.29, 0.717) is 24.5 Å². The van der Waals surface area contributed by atoms with Crippen LogP contribution in [-0.4, -0.2) is 31.9 Å². The number of nitro groups is 1. The normalized spacial score (nSPS) is 10.8. The Balaban J connectivity index is 2.03. The summed E-state index contributed by atoms with van der Waals surface area (Å²) in [5.74, 6) is 0.993. The maximum absolute atomic E-state index is 11.7. The summed E-state index contributed by atoms with van der Waals surface area (Å²) in [4.78, 5) is 14.4. The Morgan fingerprint density at radius 2 is 1.88 bits per heavy atom. The van der Waals surface area contributed by atoms with Crippen molar-refractivity contribution in [3.8, 4) is 17.2 Å². The molecule has 7 nitrogen and oxygen atoms in total. The number of benzene rings is 2. The SMILES string of the molecule is COc1ccc(CCN=Cc2cc([N+](=O)[O-])ccc2[O-])cc1OC. The molecule has 0 fully saturated rings. The lowest BCUT2D eigenvalue weighted by atomic mass is 10.1. The van der Waals surface area contributed by atoms with Crippen molar-refractivity contribution < 1.29 is 19.5 Å². The van der Waals surface area contributed by atoms with Crippen LogP contribution in [-0.2, 0) is 6.42 Å². The van der Waals surface area contributed by atoms with E-state index in [0.717, 1.165) is 5.56 Å². The van der Waals surface area contributed by atoms with Crippen LogP contribution in [0.25, 0.3) is 0 Å². The predicted octanol–water partition coefficient (Wildman–Crippen LogP) is 2.35. The molecule has 0 unspecified atom stereocenters. The predicted molar refractivity (Wildman–Crippen MR) is 88.3 cm³/mol. The quantitative estimate of drug-likeness (QED) is 0.441. The smallest absolute Gasteiger partial charge is 0.270 e. The number of hydrogen-bond donors (Lipinski definition) is 0. The number of non-ortho nitro benzene ring substituents is 1. The molecular weight excluding hydrogens is 312 g/mol. The summed E-state index contributed by atoms with van der Waals surface area (Å²) >= 11 is 0. The summed E-state index contributed by atoms with van der Waals surface area (Å²) in [7, 11) is 3.14. The summed E-state index contributed by atoms with van der Waals surface area (Å²) in [5, 5.41) is 22.4. The topological polar surface area (TPSA) is 97.0 Å². The number of methoxy groups -OCH3 is 2. The van der Waals surface area contributed by atoms with Crippen molar-refractivity contribution in [3.05, 3.63) is 57.6 Å². The lowest BCUT2D eigenvalue weighted by Crippen LogP contribution is -1.99. The lowest BCUT2D eigenvalue weighted by molar-refractivity contribution is -0.385. The Morgan fingerprint density at radius 1 is 1.12 bits per heavy atom. The van der Waals surface area contributed by atoms with E-state index < -0.39 is 4.92 Å². The van der Waals surface area contributed by atoms with Gasteiger partial charge in [0, 0.05) is 24.9 Å². The van der Waals surface area contributed by atoms with Crippen LogP contribution < -0.4 is 14.6 Å². The van der Waals surface area contributed by atoms with Crippen molar-refractivity contribution in [2.45, 2.75) is 6.42 Å². The molecule has 0 aromatic heterocycles. The van der Waals surface area contributed by atoms with Gasteiger partial charge in [0.25, 0.3) is 5.69 Å². The summed E-state index contributed by atoms with van der Waals surface area (Å²) < 4.78 is 10.4. The fourth-order valence-electron chi connectivity index (χ4n) is 2.14. The highest BCUT2D eigenvalue weighted by Crippen LogP contribution is 2.27. The van der Waals surface area contributed by atoms with Crippen molar-refractivity contribution in [2.24, 2.45) is 4.99 Å². The number of aliphatic imine (C=N–C) groups is 1. The van der Waals surface area contributed by atoms with Gasteiger partial charge in [-0.1, -0.05) is 17.9 Å². The summed E-state index contributed by atoms with van der Waals surface area (Å²) in [6, 6.07) is 9.16. The first kappa shape index (κ1) is 17.3. The number of nitro benzene ring substituents is 1. The molecule has 0 radical (unpaired) electrons. The van der Waals surface area contributed by atoms with Gasteiger partial charge in [-0.05, 0) is 29.7 Å². The molecule has 2 aromatic carbocycles. The Bertz CT molecular complexity index is 759. The van der Waals surface area contributed by atoms with Crippen molar-refractivity contribution >= 4 is 11.9 Å². The van der Waals surface area contributed by atoms with Gasteiger partial charge >= 0.3 is 0 Å². The van der Waals surface area contributed by atoms with Gasteiger partial charge in [0.1, 0.15) is 0 Å². The molecule has 2 aromatic rings. The third-order valence-corrected chi connectivity index (χ3v) is 3.41. The molecule has 0 saturated carbocycles. The second-order valence-electron chi connectivity index (χ2n) is 4.95. The standard InChI is InChI=1S/C17H18N2O5/c1-23-16-6-3-12(9-17(16)24-2)7-8-18-11-13-10-14(19(21)22)4-5-15(13)20/h3-6,9-11,20H,7-8H2,1-2H3/p-1. The highest BCUT2D eigenvalue weighted by atomic mass is 16.6. The summed E-state index contributed by atoms with van der Waals surface area (Å²) in [6.45, 7) is 0.442. The fraction of sp³-hybridized carbons (Fsp3) is 0.235. The molecule has 0 amide bonds. The Morgan fingerprint density at radius 3 is 2.54 bits per heavy atom. The molecule has 2 rings (SSSR count). The number of ether oxygens (including phenoxy) is 2. The van der Waals surface area contributed by atoms with Gasteiger partial charge in [0.2, 0.25) is 0 Å². The molecule has 0 spiro atoms. The van der Waals surface area contributed by atoms with E-state index in [9.17, 15) is 15.2 Å². The maximum atomic E-state index is 11.7. The maximum Gasteiger partial charge on any atom is 0.270 e. The van der Waals surface area contributed by atoms with Crippen LogP contribution in [0.3, 0.4) is 0 Å². The van der Waals surface area contributed by atoms with Gasteiger partial charge in [0.15, 0.2) is 11.5 Å². The average Bonchev–Trinajstić information content (AvgIpc) is 2.59. The van der Waals surface area contributed by atoms with Crippen LogP contribution in [0.4, 0.5) is 5.69 Å². The highest BCUT2D eigenvalue weighted by Gasteiger charge is 2.06. The van der Waals surface area contributed by atoms with Gasteiger partial charge in [-0.2, -0.15) is 0 Å². The first-order valence-corrected chi connectivity index (χ1v) is 7.21. The monoisotopic (exact) mass is 329 g/mol. The van der Waals surface area contributed by atoms with Crippen molar-refractivity contribution in [3.63, 3.8) is 0 Å². The third kappa shape index (κ3) is 4.22. The van der Waals surface area contributed by atoms with Crippen LogP contribution in [0.2, 0.25) is 0 Å². The van der Waals surface area contributed by atoms with Gasteiger partial charge in [-0.25, -0.2) is 0 Å². The number of nitrogens with zero attached hydrogens (tertiary/aromatic N) is 2. The zero-order valence-corrected chi connectivity index (χ0v) is 13.4. The zero-order valence-electron chi connectivity index (χ0n) is 13.4. The molecule has 0 bridgehead atoms. The first-order valence-electron chi connectivity index (χ1n) is 7.21. The fourth-order valence-corrected chi connectivity index (χ4v) is 2.14. The average molecular weight is 329 g/mol. The molecule has 24 heavy (non-hydrogen) atoms. The van der Waals surface area contributed by atoms with E-state index in [1.165, 1.54) is 24.4 Å². The minimum absolute atomic E-state index is 0.129. The minimum Gasteiger partial charge on any atom is -0.872 e. The molecule has 0 atom stereocenters. The van der Waals surface area contributed by atoms with E-state index in [1.807, 2.05) is 18.2 Å². The summed E-state index contributed by atoms with van der Waals surface area (Å²) in [6.07, 6.45) is 2.01. The van der Waals surface area contributed by atoms with Crippen LogP contribution in [0.5, 0.6) is 17.2 Å². The molecule has 0 aliphatic rings. The van der Waals surface area contributed by atoms with E-state index in [2.05, 4.69) is 4.99 Å². The van der Waals surface area contributed by atoms with Gasteiger partial charge in [0.05, 0.1) is 19.1 Å². The first-order chi connectivity index (χ1) is 11.5. The second-order valence-corrected chi connectivity index (χ2v) is 4.95. The van der Waals surface area contributed by atoms with Crippen molar-refractivity contribution in [1.82, 2.24) is 0 Å². The molecule has 7 heteroatoms.